The number of hydrogen-bond acceptors (Lipinski definition) is 2. The second-order valence-electron chi connectivity index (χ2n) is 2.91. The SMILES string of the molecule is Cc1cc(OC(C)C)n(C)n1. The molecule has 0 aliphatic rings. The Labute approximate surface area is 67.0 Å². The maximum Gasteiger partial charge on any atom is 0.211 e. The van der Waals surface area contributed by atoms with Gasteiger partial charge in [0.15, 0.2) is 0 Å². The molecule has 0 aliphatic heterocycles. The molecule has 0 N–H and O–H groups in total. The van der Waals surface area contributed by atoms with Gasteiger partial charge in [0.1, 0.15) is 0 Å². The number of hydrogen-bond donors (Lipinski definition) is 0. The van der Waals surface area contributed by atoms with Crippen LogP contribution in [0.3, 0.4) is 0 Å². The maximum atomic E-state index is 5.47. The fraction of sp³-hybridized carbons (Fsp3) is 0.625. The lowest BCUT2D eigenvalue weighted by Crippen LogP contribution is -2.08. The van der Waals surface area contributed by atoms with Crippen LogP contribution in [0.25, 0.3) is 0 Å². The molecule has 0 atom stereocenters. The van der Waals surface area contributed by atoms with Crippen molar-refractivity contribution in [2.24, 2.45) is 7.05 Å². The van der Waals surface area contributed by atoms with E-state index in [9.17, 15) is 0 Å². The lowest BCUT2D eigenvalue weighted by molar-refractivity contribution is 0.221. The Morgan fingerprint density at radius 1 is 1.55 bits per heavy atom. The zero-order valence-corrected chi connectivity index (χ0v) is 7.46. The molecule has 0 unspecified atom stereocenters. The first-order chi connectivity index (χ1) is 5.09. The molecule has 1 rings (SSSR count). The van der Waals surface area contributed by atoms with Gasteiger partial charge in [-0.05, 0) is 20.8 Å². The molecule has 0 spiro atoms. The fourth-order valence-electron chi connectivity index (χ4n) is 0.939. The number of rotatable bonds is 2. The molecule has 0 radical (unpaired) electrons. The minimum absolute atomic E-state index is 0.213. The van der Waals surface area contributed by atoms with Crippen molar-refractivity contribution in [1.82, 2.24) is 9.78 Å². The molecule has 0 saturated heterocycles. The highest BCUT2D eigenvalue weighted by Gasteiger charge is 2.03. The van der Waals surface area contributed by atoms with Crippen LogP contribution < -0.4 is 4.74 Å². The predicted molar refractivity (Wildman–Crippen MR) is 43.7 cm³/mol. The third-order valence-corrected chi connectivity index (χ3v) is 1.32. The first-order valence-electron chi connectivity index (χ1n) is 3.77. The molecular weight excluding hydrogens is 140 g/mol. The van der Waals surface area contributed by atoms with Gasteiger partial charge < -0.3 is 4.74 Å². The van der Waals surface area contributed by atoms with Crippen molar-refractivity contribution in [3.63, 3.8) is 0 Å². The van der Waals surface area contributed by atoms with E-state index in [1.165, 1.54) is 0 Å². The third kappa shape index (κ3) is 1.97. The second kappa shape index (κ2) is 2.95. The van der Waals surface area contributed by atoms with Gasteiger partial charge in [-0.25, -0.2) is 4.68 Å². The molecule has 0 aromatic carbocycles. The minimum atomic E-state index is 0.213. The van der Waals surface area contributed by atoms with Crippen molar-refractivity contribution in [3.05, 3.63) is 11.8 Å². The predicted octanol–water partition coefficient (Wildman–Crippen LogP) is 1.52. The standard InChI is InChI=1S/C8H14N2O/c1-6(2)11-8-5-7(3)9-10(8)4/h5-6H,1-4H3. The van der Waals surface area contributed by atoms with Crippen LogP contribution in [0.4, 0.5) is 0 Å². The first-order valence-corrected chi connectivity index (χ1v) is 3.77. The van der Waals surface area contributed by atoms with Crippen LogP contribution in [0.15, 0.2) is 6.07 Å². The first kappa shape index (κ1) is 8.11. The Morgan fingerprint density at radius 2 is 2.18 bits per heavy atom. The van der Waals surface area contributed by atoms with Crippen molar-refractivity contribution >= 4 is 0 Å². The van der Waals surface area contributed by atoms with E-state index in [0.717, 1.165) is 11.6 Å². The van der Waals surface area contributed by atoms with Gasteiger partial charge in [-0.2, -0.15) is 5.10 Å². The Morgan fingerprint density at radius 3 is 2.55 bits per heavy atom. The van der Waals surface area contributed by atoms with E-state index >= 15 is 0 Å². The molecule has 0 bridgehead atoms. The normalized spacial score (nSPS) is 10.6. The molecule has 1 heterocycles. The summed E-state index contributed by atoms with van der Waals surface area (Å²) >= 11 is 0. The summed E-state index contributed by atoms with van der Waals surface area (Å²) in [7, 11) is 1.88. The van der Waals surface area contributed by atoms with E-state index in [0.29, 0.717) is 0 Å². The molecule has 3 nitrogen and oxygen atoms in total. The van der Waals surface area contributed by atoms with E-state index in [1.54, 1.807) is 4.68 Å². The Kier molecular flexibility index (Phi) is 2.17. The largest absolute Gasteiger partial charge is 0.475 e. The van der Waals surface area contributed by atoms with E-state index < -0.39 is 0 Å². The summed E-state index contributed by atoms with van der Waals surface area (Å²) in [5.41, 5.74) is 0.989. The molecule has 11 heavy (non-hydrogen) atoms. The lowest BCUT2D eigenvalue weighted by Gasteiger charge is -2.07. The summed E-state index contributed by atoms with van der Waals surface area (Å²) in [6.45, 7) is 5.96. The van der Waals surface area contributed by atoms with Crippen LogP contribution in [0.1, 0.15) is 19.5 Å². The molecule has 0 aliphatic carbocycles. The van der Waals surface area contributed by atoms with Gasteiger partial charge in [0, 0.05) is 13.1 Å². The summed E-state index contributed by atoms with van der Waals surface area (Å²) < 4.78 is 7.21. The van der Waals surface area contributed by atoms with Gasteiger partial charge >= 0.3 is 0 Å². The molecule has 0 saturated carbocycles. The topological polar surface area (TPSA) is 27.1 Å². The second-order valence-corrected chi connectivity index (χ2v) is 2.91. The molecule has 1 aromatic heterocycles. The number of nitrogens with zero attached hydrogens (tertiary/aromatic N) is 2. The molecular formula is C8H14N2O. The molecule has 62 valence electrons. The molecule has 3 heteroatoms. The van der Waals surface area contributed by atoms with Crippen LogP contribution in [0, 0.1) is 6.92 Å². The minimum Gasteiger partial charge on any atom is -0.475 e. The average Bonchev–Trinajstić information content (AvgIpc) is 2.09. The zero-order chi connectivity index (χ0) is 8.43. The third-order valence-electron chi connectivity index (χ3n) is 1.32. The van der Waals surface area contributed by atoms with E-state index in [-0.39, 0.29) is 6.10 Å². The summed E-state index contributed by atoms with van der Waals surface area (Å²) in [4.78, 5) is 0. The number of ether oxygens (including phenoxy) is 1. The maximum absolute atomic E-state index is 5.47. The van der Waals surface area contributed by atoms with Crippen molar-refractivity contribution < 1.29 is 4.74 Å². The fourth-order valence-corrected chi connectivity index (χ4v) is 0.939. The van der Waals surface area contributed by atoms with E-state index in [1.807, 2.05) is 33.9 Å². The van der Waals surface area contributed by atoms with Gasteiger partial charge in [0.25, 0.3) is 0 Å². The van der Waals surface area contributed by atoms with Gasteiger partial charge in [0.05, 0.1) is 11.8 Å². The number of aryl methyl sites for hydroxylation is 2. The van der Waals surface area contributed by atoms with Crippen LogP contribution >= 0.6 is 0 Å². The van der Waals surface area contributed by atoms with Crippen molar-refractivity contribution in [1.29, 1.82) is 0 Å². The quantitative estimate of drug-likeness (QED) is 0.645. The van der Waals surface area contributed by atoms with Gasteiger partial charge in [-0.1, -0.05) is 0 Å². The highest BCUT2D eigenvalue weighted by atomic mass is 16.5. The van der Waals surface area contributed by atoms with Crippen LogP contribution in [0.2, 0.25) is 0 Å². The van der Waals surface area contributed by atoms with Crippen molar-refractivity contribution in [3.8, 4) is 5.88 Å². The highest BCUT2D eigenvalue weighted by Crippen LogP contribution is 2.12. The summed E-state index contributed by atoms with van der Waals surface area (Å²) in [5, 5.41) is 4.16. The van der Waals surface area contributed by atoms with Gasteiger partial charge in [-0.15, -0.1) is 0 Å². The monoisotopic (exact) mass is 154 g/mol. The summed E-state index contributed by atoms with van der Waals surface area (Å²) in [5.74, 6) is 0.831. The van der Waals surface area contributed by atoms with E-state index in [2.05, 4.69) is 5.10 Å². The van der Waals surface area contributed by atoms with Crippen molar-refractivity contribution in [2.45, 2.75) is 26.9 Å². The smallest absolute Gasteiger partial charge is 0.211 e. The highest BCUT2D eigenvalue weighted by molar-refractivity contribution is 5.14. The van der Waals surface area contributed by atoms with Crippen LogP contribution in [-0.2, 0) is 7.05 Å². The van der Waals surface area contributed by atoms with Gasteiger partial charge in [-0.3, -0.25) is 0 Å². The van der Waals surface area contributed by atoms with Gasteiger partial charge in [0.2, 0.25) is 5.88 Å². The van der Waals surface area contributed by atoms with Crippen LogP contribution in [-0.4, -0.2) is 15.9 Å². The molecule has 0 amide bonds. The average molecular weight is 154 g/mol. The zero-order valence-electron chi connectivity index (χ0n) is 7.46. The van der Waals surface area contributed by atoms with Crippen molar-refractivity contribution in [2.75, 3.05) is 0 Å². The lowest BCUT2D eigenvalue weighted by atomic mass is 10.4. The number of aromatic nitrogens is 2. The van der Waals surface area contributed by atoms with E-state index in [4.69, 9.17) is 4.74 Å². The summed E-state index contributed by atoms with van der Waals surface area (Å²) in [6, 6.07) is 1.93. The Hall–Kier alpha value is -0.990. The van der Waals surface area contributed by atoms with Crippen LogP contribution in [0.5, 0.6) is 5.88 Å². The molecule has 0 fully saturated rings. The Bertz CT molecular complexity index is 240. The summed E-state index contributed by atoms with van der Waals surface area (Å²) in [6.07, 6.45) is 0.213. The Balaban J connectivity index is 2.77. The molecule has 1 aromatic rings.